The van der Waals surface area contributed by atoms with Crippen molar-refractivity contribution in [1.82, 2.24) is 9.78 Å². The molecule has 3 rings (SSSR count). The highest BCUT2D eigenvalue weighted by Crippen LogP contribution is 2.27. The maximum atomic E-state index is 10.9. The fourth-order valence-electron chi connectivity index (χ4n) is 2.38. The molecule has 0 unspecified atom stereocenters. The number of carbonyl (C=O) groups is 1. The Morgan fingerprint density at radius 1 is 1.17 bits per heavy atom. The number of methoxy groups -OCH3 is 1. The zero-order valence-corrected chi connectivity index (χ0v) is 13.1. The van der Waals surface area contributed by atoms with Crippen molar-refractivity contribution in [2.75, 3.05) is 7.11 Å². The predicted octanol–water partition coefficient (Wildman–Crippen LogP) is 3.65. The number of para-hydroxylation sites is 1. The van der Waals surface area contributed by atoms with Crippen molar-refractivity contribution >= 4 is 12.0 Å². The number of hydrogen-bond donors (Lipinski definition) is 1. The van der Waals surface area contributed by atoms with E-state index in [0.717, 1.165) is 28.6 Å². The van der Waals surface area contributed by atoms with E-state index in [1.54, 1.807) is 17.9 Å². The van der Waals surface area contributed by atoms with Crippen molar-refractivity contribution in [3.8, 4) is 22.7 Å². The Hall–Kier alpha value is -3.34. The van der Waals surface area contributed by atoms with E-state index in [9.17, 15) is 4.79 Å². The van der Waals surface area contributed by atoms with Crippen LogP contribution in [0, 0.1) is 0 Å². The Morgan fingerprint density at radius 2 is 1.96 bits per heavy atom. The van der Waals surface area contributed by atoms with Crippen LogP contribution in [0.2, 0.25) is 0 Å². The van der Waals surface area contributed by atoms with Crippen LogP contribution >= 0.6 is 0 Å². The summed E-state index contributed by atoms with van der Waals surface area (Å²) in [5, 5.41) is 13.5. The molecule has 120 valence electrons. The van der Waals surface area contributed by atoms with Gasteiger partial charge in [0, 0.05) is 23.4 Å². The van der Waals surface area contributed by atoms with Crippen molar-refractivity contribution in [3.63, 3.8) is 0 Å². The highest BCUT2D eigenvalue weighted by molar-refractivity contribution is 5.87. The first-order chi connectivity index (χ1) is 11.7. The van der Waals surface area contributed by atoms with Gasteiger partial charge in [0.1, 0.15) is 11.4 Å². The summed E-state index contributed by atoms with van der Waals surface area (Å²) in [6.07, 6.45) is 4.46. The first-order valence-electron chi connectivity index (χ1n) is 7.38. The molecular weight excluding hydrogens is 304 g/mol. The van der Waals surface area contributed by atoms with Crippen LogP contribution in [0.1, 0.15) is 5.56 Å². The minimum Gasteiger partial charge on any atom is -0.497 e. The average molecular weight is 320 g/mol. The van der Waals surface area contributed by atoms with Gasteiger partial charge >= 0.3 is 5.97 Å². The van der Waals surface area contributed by atoms with E-state index in [0.29, 0.717) is 5.69 Å². The van der Waals surface area contributed by atoms with Crippen LogP contribution in [-0.2, 0) is 4.79 Å². The van der Waals surface area contributed by atoms with Gasteiger partial charge in [-0.2, -0.15) is 5.10 Å². The molecule has 3 aromatic rings. The second-order valence-corrected chi connectivity index (χ2v) is 5.12. The molecule has 0 fully saturated rings. The normalized spacial score (nSPS) is 10.9. The Kier molecular flexibility index (Phi) is 4.43. The van der Waals surface area contributed by atoms with E-state index >= 15 is 0 Å². The van der Waals surface area contributed by atoms with Gasteiger partial charge in [-0.3, -0.25) is 0 Å². The molecule has 24 heavy (non-hydrogen) atoms. The quantitative estimate of drug-likeness (QED) is 0.729. The number of aromatic nitrogens is 2. The lowest BCUT2D eigenvalue weighted by Gasteiger charge is -2.03. The SMILES string of the molecule is COc1cccc(-c2nn(-c3ccccc3)cc2/C=C/C(=O)O)c1. The highest BCUT2D eigenvalue weighted by Gasteiger charge is 2.11. The molecule has 5 nitrogen and oxygen atoms in total. The van der Waals surface area contributed by atoms with Gasteiger partial charge in [0.25, 0.3) is 0 Å². The molecule has 0 aliphatic carbocycles. The topological polar surface area (TPSA) is 64.4 Å². The summed E-state index contributed by atoms with van der Waals surface area (Å²) in [7, 11) is 1.60. The lowest BCUT2D eigenvalue weighted by molar-refractivity contribution is -0.131. The molecule has 1 heterocycles. The van der Waals surface area contributed by atoms with E-state index in [1.165, 1.54) is 0 Å². The predicted molar refractivity (Wildman–Crippen MR) is 92.2 cm³/mol. The van der Waals surface area contributed by atoms with E-state index in [-0.39, 0.29) is 0 Å². The summed E-state index contributed by atoms with van der Waals surface area (Å²) in [6, 6.07) is 17.2. The van der Waals surface area contributed by atoms with Gasteiger partial charge in [-0.05, 0) is 30.3 Å². The first kappa shape index (κ1) is 15.6. The minimum absolute atomic E-state index is 0.690. The zero-order chi connectivity index (χ0) is 16.9. The second kappa shape index (κ2) is 6.83. The number of carboxylic acids is 1. The number of benzene rings is 2. The van der Waals surface area contributed by atoms with Crippen LogP contribution in [0.15, 0.2) is 66.9 Å². The third-order valence-electron chi connectivity index (χ3n) is 3.51. The molecule has 0 radical (unpaired) electrons. The van der Waals surface area contributed by atoms with E-state index in [1.807, 2.05) is 60.8 Å². The van der Waals surface area contributed by atoms with Crippen LogP contribution in [0.25, 0.3) is 23.0 Å². The summed E-state index contributed by atoms with van der Waals surface area (Å²) in [5.74, 6) is -0.283. The third-order valence-corrected chi connectivity index (χ3v) is 3.51. The Bertz CT molecular complexity index is 883. The summed E-state index contributed by atoms with van der Waals surface area (Å²) in [6.45, 7) is 0. The number of aliphatic carboxylic acids is 1. The maximum absolute atomic E-state index is 10.9. The summed E-state index contributed by atoms with van der Waals surface area (Å²) in [5.41, 5.74) is 3.16. The van der Waals surface area contributed by atoms with Crippen molar-refractivity contribution in [2.24, 2.45) is 0 Å². The molecular formula is C19H16N2O3. The smallest absolute Gasteiger partial charge is 0.328 e. The van der Waals surface area contributed by atoms with Crippen LogP contribution in [0.4, 0.5) is 0 Å². The number of nitrogens with zero attached hydrogens (tertiary/aromatic N) is 2. The van der Waals surface area contributed by atoms with Crippen LogP contribution in [0.5, 0.6) is 5.75 Å². The summed E-state index contributed by atoms with van der Waals surface area (Å²) < 4.78 is 6.99. The molecule has 1 N–H and O–H groups in total. The number of hydrogen-bond acceptors (Lipinski definition) is 3. The van der Waals surface area contributed by atoms with Gasteiger partial charge in [-0.15, -0.1) is 0 Å². The van der Waals surface area contributed by atoms with Gasteiger partial charge < -0.3 is 9.84 Å². The van der Waals surface area contributed by atoms with Gasteiger partial charge in [-0.25, -0.2) is 9.48 Å². The van der Waals surface area contributed by atoms with Crippen LogP contribution < -0.4 is 4.74 Å². The molecule has 0 saturated carbocycles. The maximum Gasteiger partial charge on any atom is 0.328 e. The first-order valence-corrected chi connectivity index (χ1v) is 7.38. The van der Waals surface area contributed by atoms with Gasteiger partial charge in [-0.1, -0.05) is 30.3 Å². The van der Waals surface area contributed by atoms with Crippen molar-refractivity contribution in [2.45, 2.75) is 0 Å². The highest BCUT2D eigenvalue weighted by atomic mass is 16.5. The summed E-state index contributed by atoms with van der Waals surface area (Å²) in [4.78, 5) is 10.9. The number of rotatable bonds is 5. The summed E-state index contributed by atoms with van der Waals surface area (Å²) >= 11 is 0. The fourth-order valence-corrected chi connectivity index (χ4v) is 2.38. The molecule has 0 spiro atoms. The second-order valence-electron chi connectivity index (χ2n) is 5.12. The molecule has 0 aliphatic rings. The van der Waals surface area contributed by atoms with Crippen LogP contribution in [0.3, 0.4) is 0 Å². The standard InChI is InChI=1S/C19H16N2O3/c1-24-17-9-5-6-14(12-17)19-15(10-11-18(22)23)13-21(20-19)16-7-3-2-4-8-16/h2-13H,1H3,(H,22,23)/b11-10+. The Labute approximate surface area is 139 Å². The van der Waals surface area contributed by atoms with E-state index in [4.69, 9.17) is 9.84 Å². The molecule has 1 aromatic heterocycles. The number of ether oxygens (including phenoxy) is 1. The zero-order valence-electron chi connectivity index (χ0n) is 13.1. The monoisotopic (exact) mass is 320 g/mol. The Balaban J connectivity index is 2.12. The molecule has 5 heteroatoms. The van der Waals surface area contributed by atoms with Crippen molar-refractivity contribution in [3.05, 3.63) is 72.4 Å². The largest absolute Gasteiger partial charge is 0.497 e. The van der Waals surface area contributed by atoms with Crippen molar-refractivity contribution < 1.29 is 14.6 Å². The third kappa shape index (κ3) is 3.35. The van der Waals surface area contributed by atoms with Gasteiger partial charge in [0.2, 0.25) is 0 Å². The lowest BCUT2D eigenvalue weighted by atomic mass is 10.1. The molecule has 0 bridgehead atoms. The average Bonchev–Trinajstić information content (AvgIpc) is 3.05. The fraction of sp³-hybridized carbons (Fsp3) is 0.0526. The van der Waals surface area contributed by atoms with Gasteiger partial charge in [0.15, 0.2) is 0 Å². The Morgan fingerprint density at radius 3 is 2.67 bits per heavy atom. The molecule has 0 amide bonds. The molecule has 0 saturated heterocycles. The van der Waals surface area contributed by atoms with E-state index in [2.05, 4.69) is 5.10 Å². The lowest BCUT2D eigenvalue weighted by Crippen LogP contribution is -1.94. The molecule has 0 aliphatic heterocycles. The van der Waals surface area contributed by atoms with Crippen LogP contribution in [-0.4, -0.2) is 28.0 Å². The number of carboxylic acid groups (broad SMARTS) is 1. The molecule has 0 atom stereocenters. The minimum atomic E-state index is -1.00. The van der Waals surface area contributed by atoms with E-state index < -0.39 is 5.97 Å². The molecule has 2 aromatic carbocycles. The van der Waals surface area contributed by atoms with Crippen molar-refractivity contribution in [1.29, 1.82) is 0 Å². The van der Waals surface area contributed by atoms with Gasteiger partial charge in [0.05, 0.1) is 12.8 Å².